The highest BCUT2D eigenvalue weighted by Gasteiger charge is 2.28. The lowest BCUT2D eigenvalue weighted by molar-refractivity contribution is 0.669. The first-order valence-corrected chi connectivity index (χ1v) is 15.4. The highest BCUT2D eigenvalue weighted by Crippen LogP contribution is 2.52. The molecule has 0 saturated heterocycles. The van der Waals surface area contributed by atoms with Gasteiger partial charge in [-0.2, -0.15) is 0 Å². The van der Waals surface area contributed by atoms with Crippen LogP contribution in [0.1, 0.15) is 16.5 Å². The molecule has 8 rings (SSSR count). The number of para-hydroxylation sites is 1. The molecule has 0 radical (unpaired) electrons. The molecule has 1 aromatic heterocycles. The summed E-state index contributed by atoms with van der Waals surface area (Å²) in [6.07, 6.45) is 9.68. The number of rotatable bonds is 3. The molecule has 0 aliphatic carbocycles. The quantitative estimate of drug-likeness (QED) is 0.212. The van der Waals surface area contributed by atoms with Crippen molar-refractivity contribution in [2.24, 2.45) is 0 Å². The van der Waals surface area contributed by atoms with Gasteiger partial charge in [0.2, 0.25) is 0 Å². The summed E-state index contributed by atoms with van der Waals surface area (Å²) in [5.41, 5.74) is 10.4. The molecule has 43 heavy (non-hydrogen) atoms. The lowest BCUT2D eigenvalue weighted by atomic mass is 10.0. The molecule has 1 N–H and O–H groups in total. The number of allylic oxidation sites excluding steroid dienone is 3. The number of anilines is 3. The average Bonchev–Trinajstić information content (AvgIpc) is 3.69. The van der Waals surface area contributed by atoms with E-state index in [0.717, 1.165) is 29.5 Å². The molecule has 1 unspecified atom stereocenters. The van der Waals surface area contributed by atoms with Crippen LogP contribution in [0.3, 0.4) is 0 Å². The van der Waals surface area contributed by atoms with Crippen LogP contribution in [0.25, 0.3) is 33.1 Å². The number of thioether (sulfide) groups is 1. The zero-order valence-corrected chi connectivity index (χ0v) is 24.7. The first kappa shape index (κ1) is 26.9. The summed E-state index contributed by atoms with van der Waals surface area (Å²) in [4.78, 5) is 3.66. The summed E-state index contributed by atoms with van der Waals surface area (Å²) in [5.74, 6) is 0. The smallest absolute Gasteiger partial charge is 0.137 e. The predicted octanol–water partition coefficient (Wildman–Crippen LogP) is 11.1. The van der Waals surface area contributed by atoms with Crippen LogP contribution in [-0.4, -0.2) is 6.54 Å². The monoisotopic (exact) mass is 576 g/mol. The van der Waals surface area contributed by atoms with E-state index < -0.39 is 0 Å². The molecule has 1 atom stereocenters. The molecule has 0 spiro atoms. The Kier molecular flexibility index (Phi) is 7.36. The maximum absolute atomic E-state index is 6.38. The summed E-state index contributed by atoms with van der Waals surface area (Å²) in [5, 5.41) is 6.32. The fourth-order valence-corrected chi connectivity index (χ4v) is 7.14. The molecule has 6 aromatic rings. The van der Waals surface area contributed by atoms with Crippen LogP contribution < -0.4 is 10.2 Å². The Labute approximate surface area is 256 Å². The largest absolute Gasteiger partial charge is 0.456 e. The van der Waals surface area contributed by atoms with E-state index in [9.17, 15) is 0 Å². The Morgan fingerprint density at radius 1 is 0.744 bits per heavy atom. The fourth-order valence-electron chi connectivity index (χ4n) is 6.00. The second kappa shape index (κ2) is 11.7. The van der Waals surface area contributed by atoms with Gasteiger partial charge in [-0.25, -0.2) is 0 Å². The van der Waals surface area contributed by atoms with Crippen molar-refractivity contribution in [3.8, 4) is 11.1 Å². The van der Waals surface area contributed by atoms with Crippen molar-refractivity contribution in [3.05, 3.63) is 158 Å². The molecule has 3 heterocycles. The molecule has 2 aliphatic heterocycles. The van der Waals surface area contributed by atoms with Gasteiger partial charge in [-0.3, -0.25) is 0 Å². The second-order valence-corrected chi connectivity index (χ2v) is 11.7. The molecule has 5 aromatic carbocycles. The summed E-state index contributed by atoms with van der Waals surface area (Å²) < 4.78 is 6.38. The summed E-state index contributed by atoms with van der Waals surface area (Å²) in [6.45, 7) is 6.83. The molecule has 210 valence electrons. The standard InChI is InChI=1S/C37H28N2OS.C2H4/c1-2-10-22-39(29-14-8-4-9-15-29)31-19-17-28(23-27(31)13-5-1)37-38-36-34(41-37)21-20-32-35(36)30-18-16-26(24-33(30)40-32)25-11-6-3-7-12-25;1-2/h1-12,14-21,23-24,37-38H,13,22H2;1-2H2/b5-1-,10-2-;. The van der Waals surface area contributed by atoms with E-state index in [4.69, 9.17) is 4.42 Å². The zero-order valence-electron chi connectivity index (χ0n) is 23.9. The number of nitrogens with one attached hydrogen (secondary N) is 1. The molecule has 0 amide bonds. The van der Waals surface area contributed by atoms with Crippen molar-refractivity contribution in [2.45, 2.75) is 16.7 Å². The van der Waals surface area contributed by atoms with E-state index >= 15 is 0 Å². The molecule has 3 nitrogen and oxygen atoms in total. The van der Waals surface area contributed by atoms with E-state index in [1.165, 1.54) is 49.6 Å². The second-order valence-electron chi connectivity index (χ2n) is 10.5. The number of furan rings is 1. The highest BCUT2D eigenvalue weighted by molar-refractivity contribution is 8.00. The highest BCUT2D eigenvalue weighted by atomic mass is 32.2. The molecular weight excluding hydrogens is 545 g/mol. The number of nitrogens with zero attached hydrogens (tertiary/aromatic N) is 1. The van der Waals surface area contributed by atoms with Gasteiger partial charge < -0.3 is 14.6 Å². The predicted molar refractivity (Wildman–Crippen MR) is 185 cm³/mol. The first-order valence-electron chi connectivity index (χ1n) is 14.6. The minimum Gasteiger partial charge on any atom is -0.456 e. The van der Waals surface area contributed by atoms with Crippen LogP contribution in [0.2, 0.25) is 0 Å². The number of fused-ring (bicyclic) bond motifs is 6. The summed E-state index contributed by atoms with van der Waals surface area (Å²) in [7, 11) is 0. The maximum atomic E-state index is 6.38. The summed E-state index contributed by atoms with van der Waals surface area (Å²) in [6, 6.07) is 39.0. The lowest BCUT2D eigenvalue weighted by Crippen LogP contribution is -2.18. The van der Waals surface area contributed by atoms with E-state index in [1.807, 2.05) is 17.8 Å². The SMILES string of the molecule is C1=C\Cc2cc(C3Nc4c(ccc5oc6cc(-c7ccccc7)ccc6c45)S3)ccc2N(c2ccccc2)C\C=C/1.C=C. The van der Waals surface area contributed by atoms with E-state index in [2.05, 4.69) is 151 Å². The Bertz CT molecular complexity index is 1970. The number of hydrogen-bond donors (Lipinski definition) is 1. The molecular formula is C39H32N2OS. The van der Waals surface area contributed by atoms with Gasteiger partial charge in [-0.1, -0.05) is 103 Å². The number of hydrogen-bond acceptors (Lipinski definition) is 4. The third kappa shape index (κ3) is 5.04. The van der Waals surface area contributed by atoms with Crippen LogP contribution in [0, 0.1) is 0 Å². The van der Waals surface area contributed by atoms with Gasteiger partial charge in [0.1, 0.15) is 16.5 Å². The zero-order chi connectivity index (χ0) is 29.2. The Hall–Kier alpha value is -4.93. The van der Waals surface area contributed by atoms with Gasteiger partial charge in [0.05, 0.1) is 11.1 Å². The minimum atomic E-state index is 0.134. The van der Waals surface area contributed by atoms with Crippen molar-refractivity contribution < 1.29 is 4.42 Å². The molecule has 0 fully saturated rings. The lowest BCUT2D eigenvalue weighted by Gasteiger charge is -2.27. The van der Waals surface area contributed by atoms with Crippen LogP contribution in [0.5, 0.6) is 0 Å². The van der Waals surface area contributed by atoms with Crippen LogP contribution in [0.15, 0.2) is 156 Å². The van der Waals surface area contributed by atoms with Gasteiger partial charge in [0.25, 0.3) is 0 Å². The van der Waals surface area contributed by atoms with Crippen LogP contribution in [0.4, 0.5) is 17.1 Å². The Morgan fingerprint density at radius 2 is 1.53 bits per heavy atom. The van der Waals surface area contributed by atoms with Gasteiger partial charge >= 0.3 is 0 Å². The topological polar surface area (TPSA) is 28.4 Å². The van der Waals surface area contributed by atoms with Crippen molar-refractivity contribution >= 4 is 50.8 Å². The van der Waals surface area contributed by atoms with Crippen LogP contribution >= 0.6 is 11.8 Å². The van der Waals surface area contributed by atoms with E-state index in [-0.39, 0.29) is 5.37 Å². The average molecular weight is 577 g/mol. The van der Waals surface area contributed by atoms with Gasteiger partial charge in [0, 0.05) is 28.2 Å². The Balaban J connectivity index is 0.00000147. The Morgan fingerprint density at radius 3 is 2.37 bits per heavy atom. The van der Waals surface area contributed by atoms with Crippen molar-refractivity contribution in [1.29, 1.82) is 0 Å². The normalized spacial score (nSPS) is 17.0. The molecule has 2 aliphatic rings. The van der Waals surface area contributed by atoms with Gasteiger partial charge in [0.15, 0.2) is 0 Å². The minimum absolute atomic E-state index is 0.134. The summed E-state index contributed by atoms with van der Waals surface area (Å²) >= 11 is 1.88. The number of benzene rings is 5. The van der Waals surface area contributed by atoms with E-state index in [0.29, 0.717) is 0 Å². The van der Waals surface area contributed by atoms with Gasteiger partial charge in [-0.15, -0.1) is 13.2 Å². The third-order valence-corrected chi connectivity index (χ3v) is 9.22. The van der Waals surface area contributed by atoms with Gasteiger partial charge in [-0.05, 0) is 71.1 Å². The molecule has 0 bridgehead atoms. The molecule has 4 heteroatoms. The van der Waals surface area contributed by atoms with E-state index in [1.54, 1.807) is 0 Å². The third-order valence-electron chi connectivity index (χ3n) is 8.00. The van der Waals surface area contributed by atoms with Crippen molar-refractivity contribution in [2.75, 3.05) is 16.8 Å². The van der Waals surface area contributed by atoms with Crippen molar-refractivity contribution in [1.82, 2.24) is 0 Å². The molecule has 0 saturated carbocycles. The maximum Gasteiger partial charge on any atom is 0.137 e. The first-order chi connectivity index (χ1) is 21.3. The fraction of sp³-hybridized carbons (Fsp3) is 0.0769. The van der Waals surface area contributed by atoms with Crippen molar-refractivity contribution in [3.63, 3.8) is 0 Å². The van der Waals surface area contributed by atoms with Crippen LogP contribution in [-0.2, 0) is 6.42 Å².